The lowest BCUT2D eigenvalue weighted by Crippen LogP contribution is -2.35. The third kappa shape index (κ3) is 5.98. The summed E-state index contributed by atoms with van der Waals surface area (Å²) in [7, 11) is 0. The molecule has 0 saturated heterocycles. The molecule has 2 aromatic heterocycles. The van der Waals surface area contributed by atoms with Gasteiger partial charge in [0.1, 0.15) is 5.60 Å². The fourth-order valence-corrected chi connectivity index (χ4v) is 3.79. The van der Waals surface area contributed by atoms with Crippen LogP contribution in [0.25, 0.3) is 11.3 Å². The fourth-order valence-electron chi connectivity index (χ4n) is 3.79. The molecule has 2 heterocycles. The van der Waals surface area contributed by atoms with Gasteiger partial charge in [-0.2, -0.15) is 0 Å². The number of carbonyl (C=O) groups is 2. The van der Waals surface area contributed by atoms with E-state index >= 15 is 0 Å². The average Bonchev–Trinajstić information content (AvgIpc) is 2.86. The largest absolute Gasteiger partial charge is 0.443 e. The highest BCUT2D eigenvalue weighted by Crippen LogP contribution is 2.35. The first-order chi connectivity index (χ1) is 17.6. The Balaban J connectivity index is 1.86. The van der Waals surface area contributed by atoms with E-state index in [1.54, 1.807) is 56.4 Å². The van der Waals surface area contributed by atoms with Crippen molar-refractivity contribution in [3.63, 3.8) is 0 Å². The number of aryl methyl sites for hydroxylation is 1. The van der Waals surface area contributed by atoms with Crippen molar-refractivity contribution >= 4 is 35.0 Å². The van der Waals surface area contributed by atoms with Gasteiger partial charge in [-0.15, -0.1) is 0 Å². The van der Waals surface area contributed by atoms with Crippen molar-refractivity contribution in [3.05, 3.63) is 90.9 Å². The quantitative estimate of drug-likeness (QED) is 0.310. The zero-order valence-electron chi connectivity index (χ0n) is 21.5. The molecular weight excluding hydrogens is 466 g/mol. The number of carbonyl (C=O) groups excluding carboxylic acids is 2. The van der Waals surface area contributed by atoms with E-state index < -0.39 is 11.7 Å². The molecule has 0 spiro atoms. The third-order valence-electron chi connectivity index (χ3n) is 5.40. The molecule has 4 aromatic rings. The van der Waals surface area contributed by atoms with Crippen LogP contribution < -0.4 is 9.80 Å². The maximum atomic E-state index is 13.6. The molecule has 2 amide bonds. The van der Waals surface area contributed by atoms with Crippen molar-refractivity contribution in [3.8, 4) is 11.3 Å². The van der Waals surface area contributed by atoms with Crippen molar-refractivity contribution in [1.29, 1.82) is 0 Å². The number of hydrogen-bond donors (Lipinski definition) is 0. The van der Waals surface area contributed by atoms with Crippen molar-refractivity contribution in [2.75, 3.05) is 9.80 Å². The summed E-state index contributed by atoms with van der Waals surface area (Å²) < 4.78 is 5.76. The Morgan fingerprint density at radius 3 is 2.27 bits per heavy atom. The molecule has 8 heteroatoms. The molecule has 2 aromatic carbocycles. The number of anilines is 4. The van der Waals surface area contributed by atoms with Gasteiger partial charge in [0.05, 0.1) is 17.1 Å². The summed E-state index contributed by atoms with van der Waals surface area (Å²) in [5.74, 6) is -0.0235. The van der Waals surface area contributed by atoms with Crippen LogP contribution >= 0.6 is 0 Å². The van der Waals surface area contributed by atoms with Gasteiger partial charge in [-0.05, 0) is 75.7 Å². The first-order valence-corrected chi connectivity index (χ1v) is 11.9. The predicted octanol–water partition coefficient (Wildman–Crippen LogP) is 6.60. The highest BCUT2D eigenvalue weighted by molar-refractivity contribution is 6.01. The van der Waals surface area contributed by atoms with Crippen molar-refractivity contribution in [1.82, 2.24) is 15.0 Å². The van der Waals surface area contributed by atoms with Gasteiger partial charge in [0.2, 0.25) is 11.9 Å². The van der Waals surface area contributed by atoms with Gasteiger partial charge in [0, 0.05) is 36.8 Å². The van der Waals surface area contributed by atoms with Crippen LogP contribution in [0.3, 0.4) is 0 Å². The first-order valence-electron chi connectivity index (χ1n) is 11.9. The van der Waals surface area contributed by atoms with Gasteiger partial charge in [0.25, 0.3) is 0 Å². The molecule has 0 fully saturated rings. The molecular formula is C29H29N5O3. The lowest BCUT2D eigenvalue weighted by atomic mass is 10.1. The molecule has 0 N–H and O–H groups in total. The van der Waals surface area contributed by atoms with Crippen LogP contribution in [0, 0.1) is 6.92 Å². The van der Waals surface area contributed by atoms with Gasteiger partial charge in [-0.3, -0.25) is 14.7 Å². The van der Waals surface area contributed by atoms with E-state index in [0.717, 1.165) is 11.1 Å². The first kappa shape index (κ1) is 25.5. The maximum absolute atomic E-state index is 13.6. The van der Waals surface area contributed by atoms with Crippen LogP contribution in [0.1, 0.15) is 33.3 Å². The molecule has 188 valence electrons. The third-order valence-corrected chi connectivity index (χ3v) is 5.40. The minimum atomic E-state index is -0.753. The number of amides is 2. The number of nitrogens with zero attached hydrogens (tertiary/aromatic N) is 5. The Hall–Kier alpha value is -4.59. The molecule has 0 aliphatic rings. The summed E-state index contributed by atoms with van der Waals surface area (Å²) in [6.07, 6.45) is 4.33. The minimum Gasteiger partial charge on any atom is -0.443 e. The van der Waals surface area contributed by atoms with E-state index in [2.05, 4.69) is 15.0 Å². The van der Waals surface area contributed by atoms with Crippen LogP contribution in [0.15, 0.2) is 85.3 Å². The molecule has 4 rings (SSSR count). The van der Waals surface area contributed by atoms with E-state index in [-0.39, 0.29) is 11.9 Å². The lowest BCUT2D eigenvalue weighted by Gasteiger charge is -2.29. The minimum absolute atomic E-state index is 0.143. The van der Waals surface area contributed by atoms with Crippen molar-refractivity contribution in [2.24, 2.45) is 0 Å². The molecule has 0 radical (unpaired) electrons. The predicted molar refractivity (Wildman–Crippen MR) is 144 cm³/mol. The number of pyridine rings is 1. The number of rotatable bonds is 5. The monoisotopic (exact) mass is 495 g/mol. The Labute approximate surface area is 216 Å². The summed E-state index contributed by atoms with van der Waals surface area (Å²) in [5.41, 5.74) is 3.22. The van der Waals surface area contributed by atoms with E-state index in [0.29, 0.717) is 22.8 Å². The van der Waals surface area contributed by atoms with E-state index in [4.69, 9.17) is 4.74 Å². The Morgan fingerprint density at radius 1 is 0.865 bits per heavy atom. The zero-order chi connectivity index (χ0) is 26.6. The highest BCUT2D eigenvalue weighted by atomic mass is 16.6. The van der Waals surface area contributed by atoms with Gasteiger partial charge in [-0.25, -0.2) is 19.7 Å². The summed E-state index contributed by atoms with van der Waals surface area (Å²) in [6.45, 7) is 8.77. The number of para-hydroxylation sites is 1. The second-order valence-electron chi connectivity index (χ2n) is 9.46. The molecule has 8 nitrogen and oxygen atoms in total. The second-order valence-corrected chi connectivity index (χ2v) is 9.46. The van der Waals surface area contributed by atoms with E-state index in [1.165, 1.54) is 11.8 Å². The lowest BCUT2D eigenvalue weighted by molar-refractivity contribution is -0.115. The van der Waals surface area contributed by atoms with Crippen LogP contribution in [-0.4, -0.2) is 32.6 Å². The summed E-state index contributed by atoms with van der Waals surface area (Å²) >= 11 is 0. The van der Waals surface area contributed by atoms with Gasteiger partial charge in [0.15, 0.2) is 0 Å². The van der Waals surface area contributed by atoms with Crippen molar-refractivity contribution in [2.45, 2.75) is 40.2 Å². The molecule has 0 aliphatic carbocycles. The number of ether oxygens (including phenoxy) is 1. The van der Waals surface area contributed by atoms with Gasteiger partial charge in [-0.1, -0.05) is 24.3 Å². The fraction of sp³-hybridized carbons (Fsp3) is 0.207. The highest BCUT2D eigenvalue weighted by Gasteiger charge is 2.29. The molecule has 37 heavy (non-hydrogen) atoms. The van der Waals surface area contributed by atoms with Crippen LogP contribution in [0.2, 0.25) is 0 Å². The topological polar surface area (TPSA) is 88.5 Å². The Bertz CT molecular complexity index is 1400. The smallest absolute Gasteiger partial charge is 0.421 e. The number of aromatic nitrogens is 3. The van der Waals surface area contributed by atoms with Gasteiger partial charge < -0.3 is 4.74 Å². The average molecular weight is 496 g/mol. The SMILES string of the molecule is CC(=O)N(c1ccccc1)c1ccc(C)c(N(C(=O)OC(C)(C)C)c2nccc(-c3cccnc3)n2)c1. The summed E-state index contributed by atoms with van der Waals surface area (Å²) in [6, 6.07) is 20.2. The molecule has 0 saturated carbocycles. The van der Waals surface area contributed by atoms with E-state index in [9.17, 15) is 9.59 Å². The van der Waals surface area contributed by atoms with E-state index in [1.807, 2.05) is 61.5 Å². The van der Waals surface area contributed by atoms with Crippen LogP contribution in [0.4, 0.5) is 27.8 Å². The molecule has 0 atom stereocenters. The molecule has 0 bridgehead atoms. The number of benzene rings is 2. The second kappa shape index (κ2) is 10.6. The Morgan fingerprint density at radius 2 is 1.62 bits per heavy atom. The number of hydrogen-bond acceptors (Lipinski definition) is 6. The molecule has 0 aliphatic heterocycles. The van der Waals surface area contributed by atoms with Gasteiger partial charge >= 0.3 is 6.09 Å². The standard InChI is InChI=1S/C29H29N5O3/c1-20-13-14-24(33(21(2)35)23-11-7-6-8-12-23)18-26(20)34(28(36)37-29(3,4)5)27-31-17-15-25(32-27)22-10-9-16-30-19-22/h6-19H,1-5H3. The summed E-state index contributed by atoms with van der Waals surface area (Å²) in [4.78, 5) is 42.4. The van der Waals surface area contributed by atoms with Crippen LogP contribution in [-0.2, 0) is 9.53 Å². The summed E-state index contributed by atoms with van der Waals surface area (Å²) in [5, 5.41) is 0. The zero-order valence-corrected chi connectivity index (χ0v) is 21.5. The van der Waals surface area contributed by atoms with Crippen molar-refractivity contribution < 1.29 is 14.3 Å². The Kier molecular flexibility index (Phi) is 7.29. The normalized spacial score (nSPS) is 11.1. The maximum Gasteiger partial charge on any atom is 0.421 e. The van der Waals surface area contributed by atoms with Crippen LogP contribution in [0.5, 0.6) is 0 Å². The molecule has 0 unspecified atom stereocenters.